The molecule has 1 aliphatic heterocycles. The molecular formula is C31H40N2O12. The van der Waals surface area contributed by atoms with Crippen LogP contribution in [0.25, 0.3) is 0 Å². The summed E-state index contributed by atoms with van der Waals surface area (Å²) in [5, 5.41) is 34.9. The highest BCUT2D eigenvalue weighted by Gasteiger charge is 2.68. The van der Waals surface area contributed by atoms with Gasteiger partial charge in [0.2, 0.25) is 5.91 Å². The minimum atomic E-state index is -1.40. The fraction of sp³-hybridized carbons (Fsp3) is 0.581. The van der Waals surface area contributed by atoms with Crippen molar-refractivity contribution in [2.24, 2.45) is 5.92 Å². The van der Waals surface area contributed by atoms with E-state index in [-0.39, 0.29) is 50.5 Å². The van der Waals surface area contributed by atoms with E-state index in [1.807, 2.05) is 19.9 Å². The van der Waals surface area contributed by atoms with E-state index in [0.29, 0.717) is 17.9 Å². The first-order chi connectivity index (χ1) is 21.3. The van der Waals surface area contributed by atoms with Gasteiger partial charge in [0, 0.05) is 18.4 Å². The Hall–Kier alpha value is -4.33. The summed E-state index contributed by atoms with van der Waals surface area (Å²) < 4.78 is 22.9. The number of aryl methyl sites for hydroxylation is 1. The molecule has 0 radical (unpaired) electrons. The van der Waals surface area contributed by atoms with Crippen LogP contribution >= 0.6 is 0 Å². The number of amides is 2. The number of carbonyl (C=O) groups excluding carboxylic acids is 3. The maximum absolute atomic E-state index is 13.5. The second-order valence-electron chi connectivity index (χ2n) is 11.7. The number of rotatable bonds is 13. The summed E-state index contributed by atoms with van der Waals surface area (Å²) in [7, 11) is 1.52. The number of aliphatic hydroxyl groups is 1. The van der Waals surface area contributed by atoms with E-state index in [2.05, 4.69) is 10.6 Å². The quantitative estimate of drug-likeness (QED) is 0.157. The van der Waals surface area contributed by atoms with Crippen molar-refractivity contribution in [2.45, 2.75) is 88.4 Å². The first-order valence-electron chi connectivity index (χ1n) is 15.0. The lowest BCUT2D eigenvalue weighted by Gasteiger charge is -2.56. The number of esters is 1. The van der Waals surface area contributed by atoms with Crippen LogP contribution in [0.15, 0.2) is 24.0 Å². The van der Waals surface area contributed by atoms with Crippen LogP contribution in [0.4, 0.5) is 4.79 Å². The highest BCUT2D eigenvalue weighted by molar-refractivity contribution is 5.83. The van der Waals surface area contributed by atoms with E-state index in [9.17, 15) is 34.2 Å². The van der Waals surface area contributed by atoms with Crippen molar-refractivity contribution in [3.05, 3.63) is 35.1 Å². The van der Waals surface area contributed by atoms with Crippen LogP contribution in [-0.2, 0) is 34.1 Å². The number of carboxylic acid groups (broad SMARTS) is 2. The van der Waals surface area contributed by atoms with E-state index >= 15 is 0 Å². The highest BCUT2D eigenvalue weighted by Crippen LogP contribution is 2.64. The summed E-state index contributed by atoms with van der Waals surface area (Å²) in [4.78, 5) is 59.5. The molecule has 1 unspecified atom stereocenters. The Morgan fingerprint density at radius 2 is 1.84 bits per heavy atom. The van der Waals surface area contributed by atoms with Gasteiger partial charge in [-0.3, -0.25) is 14.4 Å². The molecule has 4 rings (SSSR count). The third-order valence-electron chi connectivity index (χ3n) is 9.01. The predicted molar refractivity (Wildman–Crippen MR) is 156 cm³/mol. The Labute approximate surface area is 260 Å². The van der Waals surface area contributed by atoms with E-state index in [1.165, 1.54) is 7.11 Å². The molecule has 1 spiro atoms. The fourth-order valence-corrected chi connectivity index (χ4v) is 6.80. The largest absolute Gasteiger partial charge is 0.493 e. The Morgan fingerprint density at radius 1 is 1.11 bits per heavy atom. The number of fused-ring (bicyclic) bond motifs is 1. The van der Waals surface area contributed by atoms with Crippen molar-refractivity contribution in [3.8, 4) is 11.5 Å². The maximum atomic E-state index is 13.5. The average molecular weight is 633 g/mol. The second kappa shape index (κ2) is 13.8. The third kappa shape index (κ3) is 6.70. The number of carboxylic acids is 2. The van der Waals surface area contributed by atoms with Crippen LogP contribution in [-0.4, -0.2) is 83.2 Å². The Balaban J connectivity index is 1.50. The van der Waals surface area contributed by atoms with Crippen molar-refractivity contribution in [1.29, 1.82) is 0 Å². The smallest absolute Gasteiger partial charge is 0.407 e. The zero-order valence-electron chi connectivity index (χ0n) is 25.6. The van der Waals surface area contributed by atoms with Gasteiger partial charge in [0.05, 0.1) is 31.1 Å². The van der Waals surface area contributed by atoms with Crippen LogP contribution in [0.3, 0.4) is 0 Å². The molecule has 3 aliphatic rings. The lowest BCUT2D eigenvalue weighted by molar-refractivity contribution is -0.156. The van der Waals surface area contributed by atoms with Crippen LogP contribution in [0, 0.1) is 12.8 Å². The molecule has 2 aliphatic carbocycles. The zero-order valence-corrected chi connectivity index (χ0v) is 25.6. The van der Waals surface area contributed by atoms with E-state index < -0.39 is 59.5 Å². The monoisotopic (exact) mass is 632 g/mol. The van der Waals surface area contributed by atoms with Crippen LogP contribution in [0.1, 0.15) is 69.4 Å². The summed E-state index contributed by atoms with van der Waals surface area (Å²) in [6, 6.07) is 2.28. The number of nitrogens with one attached hydrogen (secondary N) is 2. The van der Waals surface area contributed by atoms with E-state index in [1.54, 1.807) is 12.1 Å². The molecule has 246 valence electrons. The number of hydrogen-bond donors (Lipinski definition) is 5. The highest BCUT2D eigenvalue weighted by atomic mass is 16.6. The van der Waals surface area contributed by atoms with Gasteiger partial charge >= 0.3 is 24.0 Å². The fourth-order valence-electron chi connectivity index (χ4n) is 6.80. The first kappa shape index (κ1) is 33.6. The minimum Gasteiger partial charge on any atom is -0.493 e. The lowest BCUT2D eigenvalue weighted by atomic mass is 9.51. The molecule has 1 aromatic rings. The summed E-state index contributed by atoms with van der Waals surface area (Å²) >= 11 is 0. The molecule has 1 heterocycles. The number of ether oxygens (including phenoxy) is 4. The normalized spacial score (nSPS) is 25.2. The number of hydrogen-bond acceptors (Lipinski definition) is 10. The molecule has 1 aromatic carbocycles. The molecule has 1 fully saturated rings. The van der Waals surface area contributed by atoms with Crippen LogP contribution < -0.4 is 20.1 Å². The lowest BCUT2D eigenvalue weighted by Crippen LogP contribution is -2.65. The van der Waals surface area contributed by atoms with E-state index in [4.69, 9.17) is 24.1 Å². The molecule has 0 saturated heterocycles. The molecular weight excluding hydrogens is 592 g/mol. The number of methoxy groups -OCH3 is 1. The van der Waals surface area contributed by atoms with Gasteiger partial charge in [0.15, 0.2) is 17.6 Å². The molecule has 5 atom stereocenters. The van der Waals surface area contributed by atoms with Gasteiger partial charge in [0.1, 0.15) is 18.4 Å². The van der Waals surface area contributed by atoms with Gasteiger partial charge in [-0.1, -0.05) is 19.4 Å². The van der Waals surface area contributed by atoms with E-state index in [0.717, 1.165) is 24.0 Å². The third-order valence-corrected chi connectivity index (χ3v) is 9.01. The number of alkyl carbamates (subject to hydrolysis) is 1. The predicted octanol–water partition coefficient (Wildman–Crippen LogP) is 2.32. The SMILES string of the molecule is COc1ccc(C)c2c1O[C@H]1C(OC(=O)C(CCC(=O)O)NC(=O)OCCNC(=O)CCC(=O)O)=CC[C@@]3(O)[C@@H](C)CCC[C@]213. The van der Waals surface area contributed by atoms with Crippen LogP contribution in [0.2, 0.25) is 0 Å². The number of benzene rings is 1. The van der Waals surface area contributed by atoms with Gasteiger partial charge in [-0.2, -0.15) is 0 Å². The molecule has 45 heavy (non-hydrogen) atoms. The van der Waals surface area contributed by atoms with Gasteiger partial charge < -0.3 is 44.9 Å². The van der Waals surface area contributed by atoms with Crippen molar-refractivity contribution in [3.63, 3.8) is 0 Å². The molecule has 5 N–H and O–H groups in total. The molecule has 14 heteroatoms. The molecule has 1 saturated carbocycles. The van der Waals surface area contributed by atoms with Gasteiger partial charge in [-0.05, 0) is 56.2 Å². The van der Waals surface area contributed by atoms with Crippen molar-refractivity contribution in [1.82, 2.24) is 10.6 Å². The summed E-state index contributed by atoms with van der Waals surface area (Å²) in [6.07, 6.45) is 0.708. The minimum absolute atomic E-state index is 0.0934. The zero-order chi connectivity index (χ0) is 32.9. The van der Waals surface area contributed by atoms with Crippen molar-refractivity contribution in [2.75, 3.05) is 20.3 Å². The number of carbonyl (C=O) groups is 5. The Bertz CT molecular complexity index is 1380. The standard InChI is InChI=1S/C31H40N2O12/c1-17-6-8-20(42-3)26-25(17)30-13-4-5-18(2)31(30,41)14-12-21(27(30)45-26)44-28(39)19(7-10-23(35)36)33-29(40)43-16-15-32-22(34)9-11-24(37)38/h6,8,12,18-19,27,41H,4-5,7,9-11,13-16H2,1-3H3,(H,32,34)(H,33,40)(H,35,36)(H,37,38)/t18-,19?,27-,30-,31+/m0/s1. The Kier molecular flexibility index (Phi) is 10.3. The Morgan fingerprint density at radius 3 is 2.53 bits per heavy atom. The number of aliphatic carboxylic acids is 2. The summed E-state index contributed by atoms with van der Waals surface area (Å²) in [5.41, 5.74) is -0.444. The molecule has 14 nitrogen and oxygen atoms in total. The summed E-state index contributed by atoms with van der Waals surface area (Å²) in [6.45, 7) is 3.54. The van der Waals surface area contributed by atoms with Gasteiger partial charge in [0.25, 0.3) is 0 Å². The topological polar surface area (TPSA) is 207 Å². The second-order valence-corrected chi connectivity index (χ2v) is 11.7. The molecule has 2 amide bonds. The molecule has 0 aromatic heterocycles. The summed E-state index contributed by atoms with van der Waals surface area (Å²) in [5.74, 6) is -2.78. The maximum Gasteiger partial charge on any atom is 0.407 e. The van der Waals surface area contributed by atoms with Crippen LogP contribution in [0.5, 0.6) is 11.5 Å². The first-order valence-corrected chi connectivity index (χ1v) is 15.0. The van der Waals surface area contributed by atoms with Crippen molar-refractivity contribution < 1.29 is 58.2 Å². The average Bonchev–Trinajstić information content (AvgIpc) is 3.35. The molecule has 0 bridgehead atoms. The van der Waals surface area contributed by atoms with Gasteiger partial charge in [-0.15, -0.1) is 0 Å². The van der Waals surface area contributed by atoms with Gasteiger partial charge in [-0.25, -0.2) is 9.59 Å². The van der Waals surface area contributed by atoms with Crippen molar-refractivity contribution >= 4 is 29.9 Å².